The van der Waals surface area contributed by atoms with Gasteiger partial charge in [0.15, 0.2) is 11.3 Å². The van der Waals surface area contributed by atoms with E-state index >= 15 is 0 Å². The van der Waals surface area contributed by atoms with E-state index in [-0.39, 0.29) is 6.61 Å². The molecule has 0 aliphatic carbocycles. The number of thioether (sulfide) groups is 1. The lowest BCUT2D eigenvalue weighted by molar-refractivity contribution is -0.152. The Bertz CT molecular complexity index is 963. The van der Waals surface area contributed by atoms with Crippen LogP contribution in [0.5, 0.6) is 5.75 Å². The minimum atomic E-state index is -0.693. The van der Waals surface area contributed by atoms with Crippen LogP contribution in [0.3, 0.4) is 0 Å². The highest BCUT2D eigenvalue weighted by atomic mass is 32.2. The summed E-state index contributed by atoms with van der Waals surface area (Å²) in [5.41, 5.74) is 2.89. The second kappa shape index (κ2) is 13.6. The van der Waals surface area contributed by atoms with E-state index in [9.17, 15) is 4.79 Å². The highest BCUT2D eigenvalue weighted by molar-refractivity contribution is 7.99. The van der Waals surface area contributed by atoms with Crippen LogP contribution in [0.25, 0.3) is 11.1 Å². The zero-order valence-electron chi connectivity index (χ0n) is 19.4. The molecule has 0 aliphatic heterocycles. The number of esters is 1. The van der Waals surface area contributed by atoms with Crippen molar-refractivity contribution >= 4 is 17.7 Å². The molecule has 5 nitrogen and oxygen atoms in total. The lowest BCUT2D eigenvalue weighted by Gasteiger charge is -2.14. The van der Waals surface area contributed by atoms with Gasteiger partial charge in [0.1, 0.15) is 12.4 Å². The number of carbonyl (C=O) groups excluding carboxylic acids is 1. The molecular formula is C27H32N2O3S. The molecule has 3 rings (SSSR count). The van der Waals surface area contributed by atoms with Gasteiger partial charge in [-0.15, -0.1) is 0 Å². The van der Waals surface area contributed by atoms with Crippen LogP contribution in [-0.4, -0.2) is 27.8 Å². The molecule has 0 N–H and O–H groups in total. The van der Waals surface area contributed by atoms with Gasteiger partial charge >= 0.3 is 5.97 Å². The summed E-state index contributed by atoms with van der Waals surface area (Å²) in [4.78, 5) is 21.2. The predicted octanol–water partition coefficient (Wildman–Crippen LogP) is 6.72. The van der Waals surface area contributed by atoms with Gasteiger partial charge in [0.05, 0.1) is 0 Å². The van der Waals surface area contributed by atoms with Crippen molar-refractivity contribution in [1.29, 1.82) is 0 Å². The maximum absolute atomic E-state index is 12.2. The first-order valence-corrected chi connectivity index (χ1v) is 12.6. The van der Waals surface area contributed by atoms with Crippen LogP contribution in [0, 0.1) is 0 Å². The van der Waals surface area contributed by atoms with Gasteiger partial charge in [-0.1, -0.05) is 86.8 Å². The molecule has 0 amide bonds. The third-order valence-electron chi connectivity index (χ3n) is 5.16. The van der Waals surface area contributed by atoms with Gasteiger partial charge in [-0.3, -0.25) is 0 Å². The SMILES string of the molecule is CCCCCCCSc1ncc(-c2ccc(O[C@H](C)C(=O)OCc3ccccc3)cc2)cn1. The zero-order valence-corrected chi connectivity index (χ0v) is 20.2. The molecule has 1 heterocycles. The van der Waals surface area contributed by atoms with Crippen molar-refractivity contribution in [2.45, 2.75) is 63.8 Å². The largest absolute Gasteiger partial charge is 0.479 e. The maximum Gasteiger partial charge on any atom is 0.347 e. The van der Waals surface area contributed by atoms with E-state index in [0.717, 1.165) is 27.6 Å². The summed E-state index contributed by atoms with van der Waals surface area (Å²) in [5, 5.41) is 0.817. The van der Waals surface area contributed by atoms with Crippen molar-refractivity contribution in [3.05, 3.63) is 72.6 Å². The fourth-order valence-corrected chi connectivity index (χ4v) is 4.02. The smallest absolute Gasteiger partial charge is 0.347 e. The number of unbranched alkanes of at least 4 members (excludes halogenated alkanes) is 4. The molecule has 1 aromatic heterocycles. The highest BCUT2D eigenvalue weighted by Gasteiger charge is 2.16. The van der Waals surface area contributed by atoms with Gasteiger partial charge in [0.2, 0.25) is 0 Å². The average molecular weight is 465 g/mol. The Labute approximate surface area is 201 Å². The van der Waals surface area contributed by atoms with E-state index in [1.165, 1.54) is 32.1 Å². The van der Waals surface area contributed by atoms with Crippen LogP contribution < -0.4 is 4.74 Å². The minimum absolute atomic E-state index is 0.236. The summed E-state index contributed by atoms with van der Waals surface area (Å²) in [6.07, 6.45) is 9.39. The molecular weight excluding hydrogens is 432 g/mol. The summed E-state index contributed by atoms with van der Waals surface area (Å²) >= 11 is 1.71. The fourth-order valence-electron chi connectivity index (χ4n) is 3.23. The molecule has 1 atom stereocenters. The molecule has 0 unspecified atom stereocenters. The van der Waals surface area contributed by atoms with Crippen LogP contribution in [0.2, 0.25) is 0 Å². The maximum atomic E-state index is 12.2. The molecule has 6 heteroatoms. The molecule has 0 bridgehead atoms. The van der Waals surface area contributed by atoms with E-state index < -0.39 is 12.1 Å². The van der Waals surface area contributed by atoms with Crippen LogP contribution in [0.15, 0.2) is 72.1 Å². The summed E-state index contributed by atoms with van der Waals surface area (Å²) in [5.74, 6) is 1.27. The first-order valence-electron chi connectivity index (χ1n) is 11.6. The number of benzene rings is 2. The number of rotatable bonds is 13. The average Bonchev–Trinajstić information content (AvgIpc) is 2.86. The fraction of sp³-hybridized carbons (Fsp3) is 0.370. The molecule has 0 radical (unpaired) electrons. The van der Waals surface area contributed by atoms with Crippen LogP contribution in [-0.2, 0) is 16.1 Å². The Kier molecular flexibility index (Phi) is 10.2. The van der Waals surface area contributed by atoms with Crippen molar-refractivity contribution in [3.8, 4) is 16.9 Å². The van der Waals surface area contributed by atoms with Crippen molar-refractivity contribution in [2.75, 3.05) is 5.75 Å². The third-order valence-corrected chi connectivity index (χ3v) is 6.13. The summed E-state index contributed by atoms with van der Waals surface area (Å²) in [7, 11) is 0. The van der Waals surface area contributed by atoms with E-state index in [2.05, 4.69) is 16.9 Å². The topological polar surface area (TPSA) is 61.3 Å². The predicted molar refractivity (Wildman–Crippen MR) is 133 cm³/mol. The van der Waals surface area contributed by atoms with Crippen molar-refractivity contribution < 1.29 is 14.3 Å². The molecule has 0 saturated carbocycles. The van der Waals surface area contributed by atoms with E-state index in [4.69, 9.17) is 9.47 Å². The number of nitrogens with zero attached hydrogens (tertiary/aromatic N) is 2. The molecule has 174 valence electrons. The summed E-state index contributed by atoms with van der Waals surface area (Å²) < 4.78 is 11.1. The van der Waals surface area contributed by atoms with Crippen molar-refractivity contribution in [2.24, 2.45) is 0 Å². The Hall–Kier alpha value is -2.86. The third kappa shape index (κ3) is 8.54. The van der Waals surface area contributed by atoms with Gasteiger partial charge in [-0.05, 0) is 36.6 Å². The lowest BCUT2D eigenvalue weighted by Crippen LogP contribution is -2.26. The van der Waals surface area contributed by atoms with E-state index in [1.807, 2.05) is 67.0 Å². The molecule has 33 heavy (non-hydrogen) atoms. The first kappa shape index (κ1) is 24.8. The summed E-state index contributed by atoms with van der Waals surface area (Å²) in [6, 6.07) is 17.2. The highest BCUT2D eigenvalue weighted by Crippen LogP contribution is 2.24. The molecule has 2 aromatic carbocycles. The molecule has 0 fully saturated rings. The van der Waals surface area contributed by atoms with Crippen molar-refractivity contribution in [1.82, 2.24) is 9.97 Å². The zero-order chi connectivity index (χ0) is 23.3. The lowest BCUT2D eigenvalue weighted by atomic mass is 10.1. The Balaban J connectivity index is 1.44. The van der Waals surface area contributed by atoms with E-state index in [1.54, 1.807) is 18.7 Å². The number of aromatic nitrogens is 2. The summed E-state index contributed by atoms with van der Waals surface area (Å²) in [6.45, 7) is 4.16. The molecule has 0 spiro atoms. The standard InChI is InChI=1S/C27H32N2O3S/c1-3-4-5-6-10-17-33-27-28-18-24(19-29-27)23-13-15-25(16-14-23)32-21(2)26(30)31-20-22-11-8-7-9-12-22/h7-9,11-16,18-19,21H,3-6,10,17,20H2,1-2H3/t21-/m1/s1. The Morgan fingerprint density at radius 3 is 2.30 bits per heavy atom. The van der Waals surface area contributed by atoms with Gasteiger partial charge in [-0.25, -0.2) is 14.8 Å². The number of carbonyl (C=O) groups is 1. The second-order valence-corrected chi connectivity index (χ2v) is 8.96. The molecule has 0 aliphatic rings. The quantitative estimate of drug-likeness (QED) is 0.121. The van der Waals surface area contributed by atoms with Crippen LogP contribution >= 0.6 is 11.8 Å². The first-order chi connectivity index (χ1) is 16.2. The normalized spacial score (nSPS) is 11.7. The van der Waals surface area contributed by atoms with Crippen molar-refractivity contribution in [3.63, 3.8) is 0 Å². The number of hydrogen-bond acceptors (Lipinski definition) is 6. The molecule has 0 saturated heterocycles. The van der Waals surface area contributed by atoms with E-state index in [0.29, 0.717) is 5.75 Å². The number of hydrogen-bond donors (Lipinski definition) is 0. The second-order valence-electron chi connectivity index (χ2n) is 7.89. The molecule has 3 aromatic rings. The van der Waals surface area contributed by atoms with Gasteiger partial charge in [0, 0.05) is 23.7 Å². The number of ether oxygens (including phenoxy) is 2. The Morgan fingerprint density at radius 1 is 0.909 bits per heavy atom. The Morgan fingerprint density at radius 2 is 1.61 bits per heavy atom. The van der Waals surface area contributed by atoms with Gasteiger partial charge < -0.3 is 9.47 Å². The van der Waals surface area contributed by atoms with Crippen LogP contribution in [0.4, 0.5) is 0 Å². The minimum Gasteiger partial charge on any atom is -0.479 e. The monoisotopic (exact) mass is 464 g/mol. The van der Waals surface area contributed by atoms with Gasteiger partial charge in [-0.2, -0.15) is 0 Å². The van der Waals surface area contributed by atoms with Gasteiger partial charge in [0.25, 0.3) is 0 Å². The van der Waals surface area contributed by atoms with Crippen LogP contribution in [0.1, 0.15) is 51.5 Å².